The Bertz CT molecular complexity index is 282. The molecular formula is C13H17. The SMILES string of the molecule is CC(C)Cc1c[c]cc(C2CC2)c1. The van der Waals surface area contributed by atoms with E-state index < -0.39 is 0 Å². The van der Waals surface area contributed by atoms with Crippen LogP contribution >= 0.6 is 0 Å². The van der Waals surface area contributed by atoms with Gasteiger partial charge in [0.1, 0.15) is 0 Å². The summed E-state index contributed by atoms with van der Waals surface area (Å²) in [6, 6.07) is 9.91. The highest BCUT2D eigenvalue weighted by Crippen LogP contribution is 2.40. The zero-order chi connectivity index (χ0) is 9.26. The molecule has 13 heavy (non-hydrogen) atoms. The van der Waals surface area contributed by atoms with Crippen LogP contribution in [0.4, 0.5) is 0 Å². The minimum atomic E-state index is 0.753. The van der Waals surface area contributed by atoms with Crippen LogP contribution in [0.15, 0.2) is 18.2 Å². The molecule has 1 aliphatic rings. The van der Waals surface area contributed by atoms with Crippen molar-refractivity contribution in [3.63, 3.8) is 0 Å². The van der Waals surface area contributed by atoms with E-state index in [4.69, 9.17) is 0 Å². The van der Waals surface area contributed by atoms with Crippen LogP contribution in [0.1, 0.15) is 43.7 Å². The van der Waals surface area contributed by atoms with Gasteiger partial charge in [0.25, 0.3) is 0 Å². The van der Waals surface area contributed by atoms with E-state index in [1.807, 2.05) is 0 Å². The molecule has 0 aliphatic heterocycles. The van der Waals surface area contributed by atoms with Crippen molar-refractivity contribution in [2.24, 2.45) is 5.92 Å². The molecule has 0 nitrogen and oxygen atoms in total. The van der Waals surface area contributed by atoms with Crippen molar-refractivity contribution in [1.82, 2.24) is 0 Å². The van der Waals surface area contributed by atoms with Crippen LogP contribution in [0, 0.1) is 12.0 Å². The molecular weight excluding hydrogens is 156 g/mol. The van der Waals surface area contributed by atoms with Gasteiger partial charge in [-0.1, -0.05) is 32.0 Å². The number of hydrogen-bond donors (Lipinski definition) is 0. The lowest BCUT2D eigenvalue weighted by Gasteiger charge is -2.06. The standard InChI is InChI=1S/C13H17/c1-10(2)8-11-4-3-5-13(9-11)12-6-7-12/h4-5,9-10,12H,6-8H2,1-2H3. The van der Waals surface area contributed by atoms with Crippen molar-refractivity contribution < 1.29 is 0 Å². The molecule has 1 radical (unpaired) electrons. The molecule has 0 saturated heterocycles. The molecule has 0 heteroatoms. The number of benzene rings is 1. The summed E-state index contributed by atoms with van der Waals surface area (Å²) in [5.41, 5.74) is 2.97. The van der Waals surface area contributed by atoms with E-state index in [0.717, 1.165) is 11.8 Å². The van der Waals surface area contributed by atoms with E-state index in [0.29, 0.717) is 0 Å². The lowest BCUT2D eigenvalue weighted by atomic mass is 10.00. The second kappa shape index (κ2) is 3.53. The third-order valence-corrected chi connectivity index (χ3v) is 2.56. The van der Waals surface area contributed by atoms with Crippen LogP contribution in [0.2, 0.25) is 0 Å². The van der Waals surface area contributed by atoms with Gasteiger partial charge in [0.05, 0.1) is 0 Å². The first kappa shape index (κ1) is 8.80. The Hall–Kier alpha value is -0.780. The Morgan fingerprint density at radius 2 is 2.15 bits per heavy atom. The monoisotopic (exact) mass is 173 g/mol. The van der Waals surface area contributed by atoms with Crippen LogP contribution in [0.3, 0.4) is 0 Å². The van der Waals surface area contributed by atoms with Gasteiger partial charge < -0.3 is 0 Å². The van der Waals surface area contributed by atoms with Crippen molar-refractivity contribution in [2.45, 2.75) is 39.0 Å². The molecule has 0 atom stereocenters. The smallest absolute Gasteiger partial charge is 0.0161 e. The summed E-state index contributed by atoms with van der Waals surface area (Å²) in [4.78, 5) is 0. The molecule has 69 valence electrons. The Kier molecular flexibility index (Phi) is 2.39. The molecule has 0 N–H and O–H groups in total. The molecule has 1 fully saturated rings. The van der Waals surface area contributed by atoms with Crippen LogP contribution in [0.25, 0.3) is 0 Å². The molecule has 0 spiro atoms. The summed E-state index contributed by atoms with van der Waals surface area (Å²) in [6.07, 6.45) is 3.97. The normalized spacial score (nSPS) is 16.5. The first-order valence-electron chi connectivity index (χ1n) is 5.25. The van der Waals surface area contributed by atoms with Gasteiger partial charge in [-0.05, 0) is 48.3 Å². The molecule has 1 aromatic rings. The van der Waals surface area contributed by atoms with Crippen LogP contribution in [-0.4, -0.2) is 0 Å². The topological polar surface area (TPSA) is 0 Å². The summed E-state index contributed by atoms with van der Waals surface area (Å²) in [7, 11) is 0. The van der Waals surface area contributed by atoms with Gasteiger partial charge in [-0.2, -0.15) is 0 Å². The second-order valence-corrected chi connectivity index (χ2v) is 4.55. The zero-order valence-electron chi connectivity index (χ0n) is 8.51. The molecule has 0 unspecified atom stereocenters. The Morgan fingerprint density at radius 3 is 2.77 bits per heavy atom. The first-order chi connectivity index (χ1) is 6.25. The Balaban J connectivity index is 2.12. The van der Waals surface area contributed by atoms with Gasteiger partial charge in [0, 0.05) is 0 Å². The van der Waals surface area contributed by atoms with Gasteiger partial charge in [-0.3, -0.25) is 0 Å². The van der Waals surface area contributed by atoms with E-state index in [2.05, 4.69) is 38.1 Å². The van der Waals surface area contributed by atoms with E-state index in [9.17, 15) is 0 Å². The van der Waals surface area contributed by atoms with Crippen molar-refractivity contribution >= 4 is 0 Å². The Morgan fingerprint density at radius 1 is 1.38 bits per heavy atom. The van der Waals surface area contributed by atoms with Gasteiger partial charge in [-0.15, -0.1) is 0 Å². The highest BCUT2D eigenvalue weighted by atomic mass is 14.3. The minimum absolute atomic E-state index is 0.753. The lowest BCUT2D eigenvalue weighted by Crippen LogP contribution is -1.94. The second-order valence-electron chi connectivity index (χ2n) is 4.55. The minimum Gasteiger partial charge on any atom is -0.0625 e. The maximum atomic E-state index is 3.26. The average Bonchev–Trinajstić information content (AvgIpc) is 2.85. The third-order valence-electron chi connectivity index (χ3n) is 2.56. The zero-order valence-corrected chi connectivity index (χ0v) is 8.51. The maximum Gasteiger partial charge on any atom is -0.0161 e. The molecule has 0 bridgehead atoms. The van der Waals surface area contributed by atoms with Crippen LogP contribution < -0.4 is 0 Å². The summed E-state index contributed by atoms with van der Waals surface area (Å²) in [5.74, 6) is 1.62. The summed E-state index contributed by atoms with van der Waals surface area (Å²) < 4.78 is 0. The van der Waals surface area contributed by atoms with Gasteiger partial charge in [0.2, 0.25) is 0 Å². The van der Waals surface area contributed by atoms with E-state index in [1.54, 1.807) is 0 Å². The van der Waals surface area contributed by atoms with Crippen LogP contribution in [0.5, 0.6) is 0 Å². The highest BCUT2D eigenvalue weighted by Gasteiger charge is 2.23. The van der Waals surface area contributed by atoms with Gasteiger partial charge in [0.15, 0.2) is 0 Å². The molecule has 0 heterocycles. The van der Waals surface area contributed by atoms with Crippen molar-refractivity contribution in [2.75, 3.05) is 0 Å². The number of hydrogen-bond acceptors (Lipinski definition) is 0. The van der Waals surface area contributed by atoms with Crippen molar-refractivity contribution in [3.8, 4) is 0 Å². The van der Waals surface area contributed by atoms with E-state index in [-0.39, 0.29) is 0 Å². The fraction of sp³-hybridized carbons (Fsp3) is 0.538. The lowest BCUT2D eigenvalue weighted by molar-refractivity contribution is 0.646. The Labute approximate surface area is 81.0 Å². The number of rotatable bonds is 3. The summed E-state index contributed by atoms with van der Waals surface area (Å²) in [6.45, 7) is 4.54. The van der Waals surface area contributed by atoms with Gasteiger partial charge in [-0.25, -0.2) is 0 Å². The highest BCUT2D eigenvalue weighted by molar-refractivity contribution is 5.28. The maximum absolute atomic E-state index is 3.26. The molecule has 1 aliphatic carbocycles. The van der Waals surface area contributed by atoms with E-state index >= 15 is 0 Å². The molecule has 0 aromatic heterocycles. The first-order valence-corrected chi connectivity index (χ1v) is 5.25. The van der Waals surface area contributed by atoms with E-state index in [1.165, 1.54) is 30.4 Å². The summed E-state index contributed by atoms with van der Waals surface area (Å²) in [5, 5.41) is 0. The largest absolute Gasteiger partial charge is 0.0625 e. The van der Waals surface area contributed by atoms with Crippen LogP contribution in [-0.2, 0) is 6.42 Å². The quantitative estimate of drug-likeness (QED) is 0.655. The van der Waals surface area contributed by atoms with Gasteiger partial charge >= 0.3 is 0 Å². The molecule has 0 amide bonds. The molecule has 1 aromatic carbocycles. The molecule has 1 saturated carbocycles. The average molecular weight is 173 g/mol. The van der Waals surface area contributed by atoms with Crippen molar-refractivity contribution in [1.29, 1.82) is 0 Å². The summed E-state index contributed by atoms with van der Waals surface area (Å²) >= 11 is 0. The fourth-order valence-corrected chi connectivity index (χ4v) is 1.78. The third kappa shape index (κ3) is 2.33. The predicted molar refractivity (Wildman–Crippen MR) is 55.8 cm³/mol. The van der Waals surface area contributed by atoms with Crippen molar-refractivity contribution in [3.05, 3.63) is 35.4 Å². The molecule has 2 rings (SSSR count). The fourth-order valence-electron chi connectivity index (χ4n) is 1.78. The predicted octanol–water partition coefficient (Wildman–Crippen LogP) is 3.56.